The second-order valence-corrected chi connectivity index (χ2v) is 11.0. The van der Waals surface area contributed by atoms with Crippen LogP contribution in [0.4, 0.5) is 0 Å². The van der Waals surface area contributed by atoms with Crippen LogP contribution < -0.4 is 0 Å². The molecule has 0 bridgehead atoms. The second kappa shape index (κ2) is 8.95. The van der Waals surface area contributed by atoms with Crippen LogP contribution in [0.3, 0.4) is 0 Å². The molecule has 0 saturated heterocycles. The maximum Gasteiger partial charge on any atom is 0.0619 e. The maximum atomic E-state index is 2.43. The van der Waals surface area contributed by atoms with Gasteiger partial charge in [0, 0.05) is 38.3 Å². The van der Waals surface area contributed by atoms with E-state index in [4.69, 9.17) is 0 Å². The van der Waals surface area contributed by atoms with Crippen LogP contribution >= 0.6 is 0 Å². The molecule has 0 amide bonds. The minimum absolute atomic E-state index is 1.17. The molecule has 0 spiro atoms. The highest BCUT2D eigenvalue weighted by molar-refractivity contribution is 6.22. The fraction of sp³-hybridized carbons (Fsp3) is 0. The van der Waals surface area contributed by atoms with Crippen LogP contribution in [0.1, 0.15) is 0 Å². The standard InChI is InChI=1S/C40H26N2/c1-3-12-27(13-4-1)28-14-11-17-31(24-28)41-37-20-9-8-19-33(37)36-26-35-29(25-39(36)41)22-23-34-32-18-7-10-21-38(32)42(40(34)35)30-15-5-2-6-16-30/h1-26H. The normalized spacial score (nSPS) is 11.8. The van der Waals surface area contributed by atoms with Crippen molar-refractivity contribution in [2.45, 2.75) is 0 Å². The topological polar surface area (TPSA) is 9.86 Å². The molecule has 0 aliphatic carbocycles. The van der Waals surface area contributed by atoms with Gasteiger partial charge in [-0.3, -0.25) is 0 Å². The molecule has 42 heavy (non-hydrogen) atoms. The largest absolute Gasteiger partial charge is 0.309 e. The lowest BCUT2D eigenvalue weighted by Crippen LogP contribution is -1.95. The molecule has 0 aliphatic heterocycles. The third-order valence-electron chi connectivity index (χ3n) is 8.67. The molecule has 0 saturated carbocycles. The number of para-hydroxylation sites is 3. The summed E-state index contributed by atoms with van der Waals surface area (Å²) in [6, 6.07) is 57.2. The molecule has 7 aromatic carbocycles. The molecule has 2 heterocycles. The molecule has 0 radical (unpaired) electrons. The van der Waals surface area contributed by atoms with Crippen LogP contribution in [0, 0.1) is 0 Å². The van der Waals surface area contributed by atoms with Crippen molar-refractivity contribution in [1.29, 1.82) is 0 Å². The monoisotopic (exact) mass is 534 g/mol. The Bertz CT molecular complexity index is 2440. The first-order valence-electron chi connectivity index (χ1n) is 14.5. The summed E-state index contributed by atoms with van der Waals surface area (Å²) in [5.41, 5.74) is 9.70. The lowest BCUT2D eigenvalue weighted by atomic mass is 10.0. The van der Waals surface area contributed by atoms with E-state index >= 15 is 0 Å². The van der Waals surface area contributed by atoms with Crippen LogP contribution in [-0.4, -0.2) is 9.13 Å². The average molecular weight is 535 g/mol. The number of rotatable bonds is 3. The highest BCUT2D eigenvalue weighted by Gasteiger charge is 2.18. The number of nitrogens with zero attached hydrogens (tertiary/aromatic N) is 2. The van der Waals surface area contributed by atoms with Gasteiger partial charge in [-0.1, -0.05) is 109 Å². The van der Waals surface area contributed by atoms with Gasteiger partial charge in [0.05, 0.1) is 22.1 Å². The Kier molecular flexibility index (Phi) is 4.93. The zero-order valence-corrected chi connectivity index (χ0v) is 22.9. The van der Waals surface area contributed by atoms with Gasteiger partial charge in [0.15, 0.2) is 0 Å². The lowest BCUT2D eigenvalue weighted by molar-refractivity contribution is 1.18. The number of aromatic nitrogens is 2. The zero-order chi connectivity index (χ0) is 27.6. The van der Waals surface area contributed by atoms with Gasteiger partial charge in [0.25, 0.3) is 0 Å². The second-order valence-electron chi connectivity index (χ2n) is 11.0. The SMILES string of the molecule is c1ccc(-c2cccc(-n3c4ccccc4c4cc5c(ccc6c7ccccc7n(-c7ccccc7)c56)cc43)c2)cc1. The molecular formula is C40H26N2. The Labute approximate surface area is 243 Å². The van der Waals surface area contributed by atoms with E-state index in [9.17, 15) is 0 Å². The maximum absolute atomic E-state index is 2.43. The fourth-order valence-electron chi connectivity index (χ4n) is 6.83. The van der Waals surface area contributed by atoms with Crippen LogP contribution in [0.25, 0.3) is 76.9 Å². The first-order valence-corrected chi connectivity index (χ1v) is 14.5. The lowest BCUT2D eigenvalue weighted by Gasteiger charge is -2.12. The van der Waals surface area contributed by atoms with Crippen LogP contribution in [0.5, 0.6) is 0 Å². The molecule has 0 N–H and O–H groups in total. The first-order chi connectivity index (χ1) is 20.8. The molecule has 196 valence electrons. The summed E-state index contributed by atoms with van der Waals surface area (Å²) in [6.07, 6.45) is 0. The van der Waals surface area contributed by atoms with Gasteiger partial charge in [-0.2, -0.15) is 0 Å². The van der Waals surface area contributed by atoms with Gasteiger partial charge < -0.3 is 9.13 Å². The summed E-state index contributed by atoms with van der Waals surface area (Å²) in [7, 11) is 0. The van der Waals surface area contributed by atoms with Crippen molar-refractivity contribution in [1.82, 2.24) is 9.13 Å². The smallest absolute Gasteiger partial charge is 0.0619 e. The minimum atomic E-state index is 1.17. The van der Waals surface area contributed by atoms with E-state index < -0.39 is 0 Å². The molecule has 9 rings (SSSR count). The molecule has 9 aromatic rings. The van der Waals surface area contributed by atoms with Crippen molar-refractivity contribution >= 4 is 54.4 Å². The molecule has 2 heteroatoms. The van der Waals surface area contributed by atoms with Crippen molar-refractivity contribution < 1.29 is 0 Å². The van der Waals surface area contributed by atoms with Gasteiger partial charge in [-0.15, -0.1) is 0 Å². The van der Waals surface area contributed by atoms with E-state index in [1.807, 2.05) is 0 Å². The van der Waals surface area contributed by atoms with Crippen molar-refractivity contribution in [3.8, 4) is 22.5 Å². The van der Waals surface area contributed by atoms with Crippen molar-refractivity contribution in [2.75, 3.05) is 0 Å². The fourth-order valence-corrected chi connectivity index (χ4v) is 6.83. The Morgan fingerprint density at radius 1 is 0.310 bits per heavy atom. The Morgan fingerprint density at radius 2 is 0.929 bits per heavy atom. The van der Waals surface area contributed by atoms with Crippen LogP contribution in [0.2, 0.25) is 0 Å². The van der Waals surface area contributed by atoms with Gasteiger partial charge in [-0.25, -0.2) is 0 Å². The highest BCUT2D eigenvalue weighted by atomic mass is 15.0. The Balaban J connectivity index is 1.40. The number of benzene rings is 7. The van der Waals surface area contributed by atoms with Crippen molar-refractivity contribution in [3.05, 3.63) is 158 Å². The van der Waals surface area contributed by atoms with Gasteiger partial charge in [-0.05, 0) is 65.0 Å². The van der Waals surface area contributed by atoms with E-state index in [-0.39, 0.29) is 0 Å². The van der Waals surface area contributed by atoms with Gasteiger partial charge in [0.2, 0.25) is 0 Å². The molecule has 0 fully saturated rings. The average Bonchev–Trinajstić information content (AvgIpc) is 3.57. The number of hydrogen-bond acceptors (Lipinski definition) is 0. The summed E-state index contributed by atoms with van der Waals surface area (Å²) >= 11 is 0. The third kappa shape index (κ3) is 3.33. The summed E-state index contributed by atoms with van der Waals surface area (Å²) in [5, 5.41) is 7.58. The molecule has 0 aliphatic rings. The molecule has 0 unspecified atom stereocenters. The van der Waals surface area contributed by atoms with Gasteiger partial charge >= 0.3 is 0 Å². The van der Waals surface area contributed by atoms with E-state index in [2.05, 4.69) is 167 Å². The molecule has 0 atom stereocenters. The molecule has 2 aromatic heterocycles. The minimum Gasteiger partial charge on any atom is -0.309 e. The predicted molar refractivity (Wildman–Crippen MR) is 178 cm³/mol. The van der Waals surface area contributed by atoms with Crippen LogP contribution in [-0.2, 0) is 0 Å². The van der Waals surface area contributed by atoms with Gasteiger partial charge in [0.1, 0.15) is 0 Å². The first kappa shape index (κ1) is 23.1. The summed E-state index contributed by atoms with van der Waals surface area (Å²) < 4.78 is 4.86. The molecule has 2 nitrogen and oxygen atoms in total. The summed E-state index contributed by atoms with van der Waals surface area (Å²) in [5.74, 6) is 0. The van der Waals surface area contributed by atoms with Crippen molar-refractivity contribution in [3.63, 3.8) is 0 Å². The Morgan fingerprint density at radius 3 is 1.71 bits per heavy atom. The highest BCUT2D eigenvalue weighted by Crippen LogP contribution is 2.41. The number of hydrogen-bond donors (Lipinski definition) is 0. The Hall–Kier alpha value is -5.60. The predicted octanol–water partition coefficient (Wildman–Crippen LogP) is 10.7. The van der Waals surface area contributed by atoms with E-state index in [0.717, 1.165) is 0 Å². The van der Waals surface area contributed by atoms with E-state index in [1.165, 1.54) is 76.9 Å². The van der Waals surface area contributed by atoms with Crippen molar-refractivity contribution in [2.24, 2.45) is 0 Å². The van der Waals surface area contributed by atoms with E-state index in [0.29, 0.717) is 0 Å². The quantitative estimate of drug-likeness (QED) is 0.213. The molecular weight excluding hydrogens is 508 g/mol. The zero-order valence-electron chi connectivity index (χ0n) is 22.9. The summed E-state index contributed by atoms with van der Waals surface area (Å²) in [6.45, 7) is 0. The number of fused-ring (bicyclic) bond motifs is 8. The van der Waals surface area contributed by atoms with Crippen LogP contribution in [0.15, 0.2) is 158 Å². The summed E-state index contributed by atoms with van der Waals surface area (Å²) in [4.78, 5) is 0. The van der Waals surface area contributed by atoms with E-state index in [1.54, 1.807) is 0 Å². The third-order valence-corrected chi connectivity index (χ3v) is 8.67.